The Balaban J connectivity index is 1.57. The van der Waals surface area contributed by atoms with E-state index in [0.29, 0.717) is 0 Å². The molecule has 2 aromatic carbocycles. The van der Waals surface area contributed by atoms with Crippen LogP contribution in [0.5, 0.6) is 0 Å². The largest absolute Gasteiger partial charge is 0.369 e. The van der Waals surface area contributed by atoms with E-state index in [1.807, 2.05) is 16.4 Å². The Morgan fingerprint density at radius 1 is 0.923 bits per heavy atom. The van der Waals surface area contributed by atoms with E-state index in [9.17, 15) is 0 Å². The van der Waals surface area contributed by atoms with Crippen LogP contribution in [-0.2, 0) is 7.05 Å². The Labute approximate surface area is 152 Å². The summed E-state index contributed by atoms with van der Waals surface area (Å²) >= 11 is 0. The summed E-state index contributed by atoms with van der Waals surface area (Å²) in [5.41, 5.74) is 5.58. The number of hydrogen-bond acceptors (Lipinski definition) is 4. The maximum atomic E-state index is 4.78. The number of aryl methyl sites for hydroxylation is 2. The van der Waals surface area contributed by atoms with Crippen molar-refractivity contribution in [2.75, 3.05) is 31.1 Å². The molecule has 3 heterocycles. The monoisotopic (exact) mass is 346 g/mol. The van der Waals surface area contributed by atoms with Crippen LogP contribution in [0.15, 0.2) is 42.7 Å². The van der Waals surface area contributed by atoms with Gasteiger partial charge in [-0.15, -0.1) is 0 Å². The highest BCUT2D eigenvalue weighted by molar-refractivity contribution is 5.85. The van der Waals surface area contributed by atoms with Gasteiger partial charge in [0.2, 0.25) is 0 Å². The van der Waals surface area contributed by atoms with Gasteiger partial charge < -0.3 is 10.2 Å². The number of hydrogen-bond donors (Lipinski definition) is 1. The van der Waals surface area contributed by atoms with Crippen molar-refractivity contribution in [2.24, 2.45) is 7.05 Å². The molecule has 1 N–H and O–H groups in total. The van der Waals surface area contributed by atoms with Crippen molar-refractivity contribution in [3.63, 3.8) is 0 Å². The van der Waals surface area contributed by atoms with Gasteiger partial charge in [0.1, 0.15) is 0 Å². The smallest absolute Gasteiger partial charge is 0.0953 e. The third-order valence-corrected chi connectivity index (χ3v) is 5.13. The van der Waals surface area contributed by atoms with Crippen molar-refractivity contribution in [3.8, 4) is 5.69 Å². The summed E-state index contributed by atoms with van der Waals surface area (Å²) < 4.78 is 3.84. The summed E-state index contributed by atoms with van der Waals surface area (Å²) in [4.78, 5) is 2.43. The lowest BCUT2D eigenvalue weighted by molar-refractivity contribution is 0.589. The molecule has 6 heteroatoms. The van der Waals surface area contributed by atoms with Crippen LogP contribution >= 0.6 is 0 Å². The molecule has 1 aliphatic heterocycles. The Hall–Kier alpha value is -2.86. The van der Waals surface area contributed by atoms with Crippen molar-refractivity contribution in [1.29, 1.82) is 0 Å². The Bertz CT molecular complexity index is 1100. The van der Waals surface area contributed by atoms with Crippen molar-refractivity contribution >= 4 is 27.5 Å². The lowest BCUT2D eigenvalue weighted by atomic mass is 10.1. The predicted octanol–water partition coefficient (Wildman–Crippen LogP) is 2.63. The molecule has 0 spiro atoms. The zero-order valence-electron chi connectivity index (χ0n) is 15.1. The van der Waals surface area contributed by atoms with E-state index in [1.165, 1.54) is 16.6 Å². The summed E-state index contributed by atoms with van der Waals surface area (Å²) in [6.45, 7) is 6.29. The molecule has 0 aliphatic carbocycles. The summed E-state index contributed by atoms with van der Waals surface area (Å²) in [6.07, 6.45) is 4.18. The molecule has 0 saturated carbocycles. The van der Waals surface area contributed by atoms with Crippen LogP contribution in [0.1, 0.15) is 5.56 Å². The Morgan fingerprint density at radius 2 is 1.73 bits per heavy atom. The van der Waals surface area contributed by atoms with Gasteiger partial charge in [-0.3, -0.25) is 4.68 Å². The Kier molecular flexibility index (Phi) is 3.46. The molecule has 0 amide bonds. The highest BCUT2D eigenvalue weighted by atomic mass is 15.3. The van der Waals surface area contributed by atoms with Crippen LogP contribution in [0.25, 0.3) is 27.5 Å². The normalized spacial score (nSPS) is 15.2. The quantitative estimate of drug-likeness (QED) is 0.606. The average Bonchev–Trinajstić information content (AvgIpc) is 3.24. The molecular formula is C20H22N6. The molecule has 26 heavy (non-hydrogen) atoms. The fraction of sp³-hybridized carbons (Fsp3) is 0.300. The number of nitrogens with zero attached hydrogens (tertiary/aromatic N) is 5. The molecule has 4 aromatic rings. The second-order valence-electron chi connectivity index (χ2n) is 7.06. The molecule has 6 nitrogen and oxygen atoms in total. The lowest BCUT2D eigenvalue weighted by Gasteiger charge is -2.29. The molecule has 0 atom stereocenters. The van der Waals surface area contributed by atoms with E-state index in [1.54, 1.807) is 0 Å². The summed E-state index contributed by atoms with van der Waals surface area (Å²) in [7, 11) is 1.96. The zero-order chi connectivity index (χ0) is 17.7. The van der Waals surface area contributed by atoms with Crippen molar-refractivity contribution in [1.82, 2.24) is 24.9 Å². The van der Waals surface area contributed by atoms with Gasteiger partial charge in [0.05, 0.1) is 16.7 Å². The standard InChI is InChI=1S/C20H22N6/c1-14-9-18(11-16-12-24(2)23-20(14)16)26-13-15-10-17(3-4-19(15)22-26)25-7-5-21-6-8-25/h3-4,9-13,21H,5-8H2,1-2H3. The molecule has 2 aromatic heterocycles. The number of nitrogens with one attached hydrogen (secondary N) is 1. The van der Waals surface area contributed by atoms with Gasteiger partial charge in [0.25, 0.3) is 0 Å². The second-order valence-corrected chi connectivity index (χ2v) is 7.06. The number of fused-ring (bicyclic) bond motifs is 2. The van der Waals surface area contributed by atoms with Crippen molar-refractivity contribution in [3.05, 3.63) is 48.3 Å². The van der Waals surface area contributed by atoms with E-state index in [2.05, 4.69) is 65.0 Å². The molecule has 132 valence electrons. The highest BCUT2D eigenvalue weighted by Crippen LogP contribution is 2.25. The van der Waals surface area contributed by atoms with Crippen molar-refractivity contribution < 1.29 is 0 Å². The summed E-state index contributed by atoms with van der Waals surface area (Å²) in [5.74, 6) is 0. The third-order valence-electron chi connectivity index (χ3n) is 5.13. The molecule has 1 aliphatic rings. The minimum atomic E-state index is 1.02. The SMILES string of the molecule is Cc1cc(-n2cc3cc(N4CCNCC4)ccc3n2)cc2cn(C)nc12. The molecule has 0 bridgehead atoms. The number of rotatable bonds is 2. The first-order valence-electron chi connectivity index (χ1n) is 9.07. The van der Waals surface area contributed by atoms with E-state index < -0.39 is 0 Å². The minimum absolute atomic E-state index is 1.02. The van der Waals surface area contributed by atoms with Crippen LogP contribution in [0.2, 0.25) is 0 Å². The van der Waals surface area contributed by atoms with Crippen LogP contribution in [0, 0.1) is 6.92 Å². The first-order chi connectivity index (χ1) is 12.7. The zero-order valence-corrected chi connectivity index (χ0v) is 15.1. The van der Waals surface area contributed by atoms with Gasteiger partial charge in [0, 0.05) is 62.1 Å². The van der Waals surface area contributed by atoms with Crippen LogP contribution < -0.4 is 10.2 Å². The molecule has 1 saturated heterocycles. The first-order valence-corrected chi connectivity index (χ1v) is 9.07. The van der Waals surface area contributed by atoms with Crippen LogP contribution in [0.3, 0.4) is 0 Å². The minimum Gasteiger partial charge on any atom is -0.369 e. The second kappa shape index (κ2) is 5.85. The predicted molar refractivity (Wildman–Crippen MR) is 105 cm³/mol. The van der Waals surface area contributed by atoms with E-state index in [-0.39, 0.29) is 0 Å². The molecule has 0 unspecified atom stereocenters. The molecule has 1 fully saturated rings. The van der Waals surface area contributed by atoms with E-state index in [0.717, 1.165) is 48.3 Å². The van der Waals surface area contributed by atoms with Gasteiger partial charge >= 0.3 is 0 Å². The Morgan fingerprint density at radius 3 is 2.58 bits per heavy atom. The fourth-order valence-corrected chi connectivity index (χ4v) is 3.81. The first kappa shape index (κ1) is 15.4. The van der Waals surface area contributed by atoms with E-state index in [4.69, 9.17) is 5.10 Å². The van der Waals surface area contributed by atoms with Gasteiger partial charge in [-0.2, -0.15) is 10.2 Å². The number of anilines is 1. The van der Waals surface area contributed by atoms with Gasteiger partial charge in [0.15, 0.2) is 0 Å². The topological polar surface area (TPSA) is 50.9 Å². The number of piperazine rings is 1. The van der Waals surface area contributed by atoms with Crippen molar-refractivity contribution in [2.45, 2.75) is 6.92 Å². The fourth-order valence-electron chi connectivity index (χ4n) is 3.81. The number of aromatic nitrogens is 4. The maximum Gasteiger partial charge on any atom is 0.0953 e. The number of benzene rings is 2. The molecular weight excluding hydrogens is 324 g/mol. The van der Waals surface area contributed by atoms with Crippen LogP contribution in [0.4, 0.5) is 5.69 Å². The van der Waals surface area contributed by atoms with Gasteiger partial charge in [-0.25, -0.2) is 4.68 Å². The van der Waals surface area contributed by atoms with Gasteiger partial charge in [-0.1, -0.05) is 0 Å². The lowest BCUT2D eigenvalue weighted by Crippen LogP contribution is -2.43. The van der Waals surface area contributed by atoms with E-state index >= 15 is 0 Å². The third kappa shape index (κ3) is 2.54. The highest BCUT2D eigenvalue weighted by Gasteiger charge is 2.13. The van der Waals surface area contributed by atoms with Gasteiger partial charge in [-0.05, 0) is 42.8 Å². The summed E-state index contributed by atoms with van der Waals surface area (Å²) in [6, 6.07) is 10.9. The molecule has 0 radical (unpaired) electrons. The van der Waals surface area contributed by atoms with Crippen LogP contribution in [-0.4, -0.2) is 45.7 Å². The average molecular weight is 346 g/mol. The maximum absolute atomic E-state index is 4.78. The summed E-state index contributed by atoms with van der Waals surface area (Å²) in [5, 5.41) is 15.0. The molecule has 5 rings (SSSR count).